The minimum atomic E-state index is -1.55. The number of aliphatic hydroxyl groups is 3. The van der Waals surface area contributed by atoms with Gasteiger partial charge in [0.2, 0.25) is 5.76 Å². The van der Waals surface area contributed by atoms with Crippen LogP contribution < -0.4 is 11.1 Å². The first kappa shape index (κ1) is 17.2. The molecule has 0 spiro atoms. The highest BCUT2D eigenvalue weighted by Crippen LogP contribution is 2.22. The Balaban J connectivity index is 3.05. The Bertz CT molecular complexity index is 447. The summed E-state index contributed by atoms with van der Waals surface area (Å²) < 4.78 is 9.77. The molecular weight excluding hydrogens is 284 g/mol. The number of esters is 1. The number of aliphatic hydroxyl groups excluding tert-OH is 3. The Morgan fingerprint density at radius 3 is 2.86 bits per heavy atom. The minimum Gasteiger partial charge on any atom is -0.478 e. The van der Waals surface area contributed by atoms with Crippen LogP contribution in [0.3, 0.4) is 0 Å². The average Bonchev–Trinajstić information content (AvgIpc) is 2.50. The molecule has 0 aliphatic carbocycles. The molecule has 0 aromatic heterocycles. The van der Waals surface area contributed by atoms with E-state index in [0.29, 0.717) is 0 Å². The van der Waals surface area contributed by atoms with Gasteiger partial charge in [0.25, 0.3) is 0 Å². The molecule has 1 rings (SSSR count). The highest BCUT2D eigenvalue weighted by molar-refractivity contribution is 5.86. The molecular formula is C12H18N2O7. The normalized spacial score (nSPS) is 27.5. The van der Waals surface area contributed by atoms with Gasteiger partial charge in [-0.1, -0.05) is 0 Å². The van der Waals surface area contributed by atoms with Crippen LogP contribution in [0.15, 0.2) is 18.0 Å². The van der Waals surface area contributed by atoms with Crippen LogP contribution in [0.4, 0.5) is 0 Å². The molecule has 0 amide bonds. The zero-order valence-corrected chi connectivity index (χ0v) is 11.3. The summed E-state index contributed by atoms with van der Waals surface area (Å²) >= 11 is 0. The molecule has 4 unspecified atom stereocenters. The number of methoxy groups -OCH3 is 1. The lowest BCUT2D eigenvalue weighted by molar-refractivity contribution is -0.148. The maximum absolute atomic E-state index is 11.5. The van der Waals surface area contributed by atoms with E-state index in [4.69, 9.17) is 15.6 Å². The molecule has 6 N–H and O–H groups in total. The molecule has 0 saturated carbocycles. The number of hydrogen-bond acceptors (Lipinski definition) is 9. The molecule has 9 nitrogen and oxygen atoms in total. The van der Waals surface area contributed by atoms with E-state index < -0.39 is 43.0 Å². The largest absolute Gasteiger partial charge is 0.478 e. The second-order valence-corrected chi connectivity index (χ2v) is 4.38. The zero-order valence-electron chi connectivity index (χ0n) is 11.3. The molecule has 1 aliphatic heterocycles. The summed E-state index contributed by atoms with van der Waals surface area (Å²) in [7, 11) is 1.14. The van der Waals surface area contributed by atoms with E-state index in [0.717, 1.165) is 13.3 Å². The smallest absolute Gasteiger partial charge is 0.373 e. The van der Waals surface area contributed by atoms with Gasteiger partial charge in [-0.2, -0.15) is 0 Å². The monoisotopic (exact) mass is 302 g/mol. The van der Waals surface area contributed by atoms with Gasteiger partial charge in [0.1, 0.15) is 24.3 Å². The van der Waals surface area contributed by atoms with Crippen molar-refractivity contribution in [1.29, 1.82) is 0 Å². The van der Waals surface area contributed by atoms with Crippen molar-refractivity contribution in [3.8, 4) is 0 Å². The summed E-state index contributed by atoms with van der Waals surface area (Å²) in [5.74, 6) is 0.451. The molecule has 21 heavy (non-hydrogen) atoms. The third-order valence-corrected chi connectivity index (χ3v) is 3.01. The summed E-state index contributed by atoms with van der Waals surface area (Å²) in [5, 5.41) is 31.0. The van der Waals surface area contributed by atoms with Gasteiger partial charge < -0.3 is 35.8 Å². The van der Waals surface area contributed by atoms with Gasteiger partial charge in [0.15, 0.2) is 0 Å². The lowest BCUT2D eigenvalue weighted by atomic mass is 9.93. The quantitative estimate of drug-likeness (QED) is 0.252. The summed E-state index contributed by atoms with van der Waals surface area (Å²) in [6.45, 7) is -0.718. The molecule has 0 aromatic carbocycles. The molecule has 5 atom stereocenters. The highest BCUT2D eigenvalue weighted by Gasteiger charge is 2.41. The van der Waals surface area contributed by atoms with E-state index in [9.17, 15) is 19.8 Å². The van der Waals surface area contributed by atoms with Gasteiger partial charge in [0, 0.05) is 0 Å². The zero-order chi connectivity index (χ0) is 16.0. The Labute approximate surface area is 120 Å². The van der Waals surface area contributed by atoms with Gasteiger partial charge >= 0.3 is 5.97 Å². The summed E-state index contributed by atoms with van der Waals surface area (Å²) in [4.78, 5) is 21.8. The first-order chi connectivity index (χ1) is 9.96. The molecule has 1 heterocycles. The van der Waals surface area contributed by atoms with Gasteiger partial charge in [-0.3, -0.25) is 0 Å². The van der Waals surface area contributed by atoms with Crippen LogP contribution in [-0.4, -0.2) is 71.3 Å². The van der Waals surface area contributed by atoms with Crippen LogP contribution >= 0.6 is 0 Å². The number of nitrogens with two attached hydrogens (primary N) is 1. The molecule has 9 heteroatoms. The first-order valence-electron chi connectivity index (χ1n) is 6.11. The SMILES string of the molecule is COC(=O)C1=CC(N)C(NC=C=O)[C@H](C(O)C(O)CO)O1. The topological polar surface area (TPSA) is 151 Å². The average molecular weight is 302 g/mol. The maximum atomic E-state index is 11.5. The van der Waals surface area contributed by atoms with Crippen molar-refractivity contribution in [3.05, 3.63) is 18.0 Å². The van der Waals surface area contributed by atoms with Crippen LogP contribution in [0.1, 0.15) is 0 Å². The van der Waals surface area contributed by atoms with Crippen molar-refractivity contribution in [1.82, 2.24) is 5.32 Å². The van der Waals surface area contributed by atoms with E-state index in [2.05, 4.69) is 10.1 Å². The standard InChI is InChI=1S/C12H18N2O7/c1-20-12(19)8-4-6(13)9(14-2-3-15)11(21-8)10(18)7(17)5-16/h2,4,6-7,9-11,14,16-18H,5,13H2,1H3/t6?,7?,9?,10?,11-/m1/s1. The second kappa shape index (κ2) is 7.77. The predicted octanol–water partition coefficient (Wildman–Crippen LogP) is -3.21. The van der Waals surface area contributed by atoms with E-state index in [1.807, 2.05) is 0 Å². The fraction of sp³-hybridized carbons (Fsp3) is 0.583. The number of carbonyl (C=O) groups is 1. The van der Waals surface area contributed by atoms with Crippen LogP contribution in [0.2, 0.25) is 0 Å². The molecule has 0 radical (unpaired) electrons. The van der Waals surface area contributed by atoms with Crippen molar-refractivity contribution in [3.63, 3.8) is 0 Å². The van der Waals surface area contributed by atoms with Crippen molar-refractivity contribution >= 4 is 11.9 Å². The number of rotatable bonds is 6. The number of hydrogen-bond donors (Lipinski definition) is 5. The van der Waals surface area contributed by atoms with Gasteiger partial charge in [0.05, 0.1) is 32.0 Å². The lowest BCUT2D eigenvalue weighted by Gasteiger charge is -2.38. The summed E-state index contributed by atoms with van der Waals surface area (Å²) in [6, 6.07) is -1.64. The van der Waals surface area contributed by atoms with Gasteiger partial charge in [-0.15, -0.1) is 0 Å². The van der Waals surface area contributed by atoms with Crippen LogP contribution in [0.5, 0.6) is 0 Å². The third-order valence-electron chi connectivity index (χ3n) is 3.01. The number of ether oxygens (including phenoxy) is 2. The van der Waals surface area contributed by atoms with Crippen LogP contribution in [0, 0.1) is 0 Å². The van der Waals surface area contributed by atoms with E-state index in [1.54, 1.807) is 0 Å². The van der Waals surface area contributed by atoms with Crippen molar-refractivity contribution in [2.24, 2.45) is 5.73 Å². The van der Waals surface area contributed by atoms with E-state index >= 15 is 0 Å². The van der Waals surface area contributed by atoms with E-state index in [-0.39, 0.29) is 5.76 Å². The fourth-order valence-corrected chi connectivity index (χ4v) is 1.92. The fourth-order valence-electron chi connectivity index (χ4n) is 1.92. The third kappa shape index (κ3) is 4.03. The number of nitrogens with one attached hydrogen (secondary N) is 1. The van der Waals surface area contributed by atoms with Gasteiger partial charge in [-0.25, -0.2) is 9.59 Å². The predicted molar refractivity (Wildman–Crippen MR) is 69.2 cm³/mol. The number of carbonyl (C=O) groups excluding carboxylic acids is 2. The molecule has 0 bridgehead atoms. The maximum Gasteiger partial charge on any atom is 0.373 e. The summed E-state index contributed by atoms with van der Waals surface area (Å²) in [6.07, 6.45) is -2.06. The second-order valence-electron chi connectivity index (χ2n) is 4.38. The molecule has 0 fully saturated rings. The van der Waals surface area contributed by atoms with Gasteiger partial charge in [-0.05, 0) is 6.08 Å². The molecule has 0 saturated heterocycles. The van der Waals surface area contributed by atoms with Crippen LogP contribution in [0.25, 0.3) is 0 Å². The Kier molecular flexibility index (Phi) is 6.35. The Morgan fingerprint density at radius 2 is 2.33 bits per heavy atom. The van der Waals surface area contributed by atoms with E-state index in [1.165, 1.54) is 12.0 Å². The summed E-state index contributed by atoms with van der Waals surface area (Å²) in [5.41, 5.74) is 5.84. The minimum absolute atomic E-state index is 0.229. The molecule has 0 aromatic rings. The van der Waals surface area contributed by atoms with Crippen LogP contribution in [-0.2, 0) is 19.1 Å². The highest BCUT2D eigenvalue weighted by atomic mass is 16.6. The van der Waals surface area contributed by atoms with Crippen molar-refractivity contribution < 1.29 is 34.4 Å². The Hall–Kier alpha value is -1.90. The lowest BCUT2D eigenvalue weighted by Crippen LogP contribution is -2.60. The molecule has 118 valence electrons. The van der Waals surface area contributed by atoms with Crippen molar-refractivity contribution in [2.75, 3.05) is 13.7 Å². The Morgan fingerprint density at radius 1 is 1.67 bits per heavy atom. The van der Waals surface area contributed by atoms with Crippen molar-refractivity contribution in [2.45, 2.75) is 30.4 Å². The molecule has 1 aliphatic rings. The first-order valence-corrected chi connectivity index (χ1v) is 6.11.